The van der Waals surface area contributed by atoms with Crippen LogP contribution in [0.3, 0.4) is 0 Å². The molecule has 0 aromatic heterocycles. The molecular weight excluding hydrogens is 365 g/mol. The van der Waals surface area contributed by atoms with Crippen molar-refractivity contribution in [1.29, 1.82) is 0 Å². The number of nitrogens with one attached hydrogen (secondary N) is 1. The lowest BCUT2D eigenvalue weighted by Gasteiger charge is -2.14. The SMILES string of the molecule is COc1c(Cl)cc(C(=O)O[C@H](C)C(=O)NCc2ccccc2)cc1Cl. The average Bonchev–Trinajstić information content (AvgIpc) is 2.60. The highest BCUT2D eigenvalue weighted by atomic mass is 35.5. The molecule has 0 unspecified atom stereocenters. The number of methoxy groups -OCH3 is 1. The van der Waals surface area contributed by atoms with Crippen LogP contribution in [0.15, 0.2) is 42.5 Å². The van der Waals surface area contributed by atoms with E-state index in [1.54, 1.807) is 0 Å². The highest BCUT2D eigenvalue weighted by Gasteiger charge is 2.20. The summed E-state index contributed by atoms with van der Waals surface area (Å²) in [5, 5.41) is 3.08. The van der Waals surface area contributed by atoms with Crippen LogP contribution in [-0.4, -0.2) is 25.1 Å². The second-order valence-corrected chi connectivity index (χ2v) is 6.04. The van der Waals surface area contributed by atoms with Crippen LogP contribution in [0.25, 0.3) is 0 Å². The first kappa shape index (κ1) is 19.1. The molecule has 2 rings (SSSR count). The van der Waals surface area contributed by atoms with Gasteiger partial charge in [-0.25, -0.2) is 4.79 Å². The summed E-state index contributed by atoms with van der Waals surface area (Å²) in [6.07, 6.45) is -0.962. The minimum absolute atomic E-state index is 0.138. The van der Waals surface area contributed by atoms with Gasteiger partial charge in [0.15, 0.2) is 11.9 Å². The Balaban J connectivity index is 1.96. The maximum atomic E-state index is 12.2. The number of halogens is 2. The van der Waals surface area contributed by atoms with Crippen LogP contribution in [0, 0.1) is 0 Å². The van der Waals surface area contributed by atoms with Crippen LogP contribution >= 0.6 is 23.2 Å². The van der Waals surface area contributed by atoms with Crippen molar-refractivity contribution in [2.24, 2.45) is 0 Å². The van der Waals surface area contributed by atoms with Gasteiger partial charge in [-0.3, -0.25) is 4.79 Å². The zero-order valence-electron chi connectivity index (χ0n) is 13.7. The van der Waals surface area contributed by atoms with Crippen LogP contribution in [0.4, 0.5) is 0 Å². The number of hydrogen-bond acceptors (Lipinski definition) is 4. The predicted molar refractivity (Wildman–Crippen MR) is 96.2 cm³/mol. The lowest BCUT2D eigenvalue weighted by atomic mass is 10.2. The van der Waals surface area contributed by atoms with Gasteiger partial charge in [-0.15, -0.1) is 0 Å². The minimum atomic E-state index is -0.962. The molecule has 2 aromatic carbocycles. The summed E-state index contributed by atoms with van der Waals surface area (Å²) in [4.78, 5) is 24.2. The Labute approximate surface area is 155 Å². The third-order valence-electron chi connectivity index (χ3n) is 3.40. The summed E-state index contributed by atoms with van der Waals surface area (Å²) >= 11 is 12.0. The van der Waals surface area contributed by atoms with E-state index >= 15 is 0 Å². The molecule has 0 bridgehead atoms. The molecule has 0 saturated carbocycles. The summed E-state index contributed by atoms with van der Waals surface area (Å²) in [7, 11) is 1.42. The predicted octanol–water partition coefficient (Wildman–Crippen LogP) is 3.86. The first-order valence-corrected chi connectivity index (χ1v) is 8.23. The quantitative estimate of drug-likeness (QED) is 0.771. The molecule has 0 fully saturated rings. The van der Waals surface area contributed by atoms with E-state index in [1.807, 2.05) is 30.3 Å². The van der Waals surface area contributed by atoms with Gasteiger partial charge in [-0.1, -0.05) is 53.5 Å². The zero-order chi connectivity index (χ0) is 18.4. The molecule has 1 amide bonds. The van der Waals surface area contributed by atoms with Gasteiger partial charge in [0.25, 0.3) is 5.91 Å². The molecular formula is C18H17Cl2NO4. The van der Waals surface area contributed by atoms with E-state index in [2.05, 4.69) is 5.32 Å². The Kier molecular flexibility index (Phi) is 6.67. The van der Waals surface area contributed by atoms with Gasteiger partial charge in [0.05, 0.1) is 22.7 Å². The fourth-order valence-electron chi connectivity index (χ4n) is 2.08. The molecule has 0 aliphatic rings. The van der Waals surface area contributed by atoms with Crippen molar-refractivity contribution in [2.45, 2.75) is 19.6 Å². The first-order chi connectivity index (χ1) is 11.9. The first-order valence-electron chi connectivity index (χ1n) is 7.48. The maximum Gasteiger partial charge on any atom is 0.339 e. The van der Waals surface area contributed by atoms with E-state index in [0.29, 0.717) is 6.54 Å². The number of hydrogen-bond donors (Lipinski definition) is 1. The smallest absolute Gasteiger partial charge is 0.339 e. The lowest BCUT2D eigenvalue weighted by molar-refractivity contribution is -0.129. The van der Waals surface area contributed by atoms with Crippen molar-refractivity contribution in [3.05, 3.63) is 63.6 Å². The average molecular weight is 382 g/mol. The van der Waals surface area contributed by atoms with Gasteiger partial charge in [0.2, 0.25) is 0 Å². The van der Waals surface area contributed by atoms with Crippen molar-refractivity contribution < 1.29 is 19.1 Å². The maximum absolute atomic E-state index is 12.2. The van der Waals surface area contributed by atoms with Crippen molar-refractivity contribution in [2.75, 3.05) is 7.11 Å². The fraction of sp³-hybridized carbons (Fsp3) is 0.222. The van der Waals surface area contributed by atoms with E-state index in [-0.39, 0.29) is 21.4 Å². The zero-order valence-corrected chi connectivity index (χ0v) is 15.2. The molecule has 25 heavy (non-hydrogen) atoms. The van der Waals surface area contributed by atoms with E-state index < -0.39 is 18.0 Å². The number of esters is 1. The van der Waals surface area contributed by atoms with E-state index in [1.165, 1.54) is 26.2 Å². The van der Waals surface area contributed by atoms with E-state index in [9.17, 15) is 9.59 Å². The van der Waals surface area contributed by atoms with Gasteiger partial charge < -0.3 is 14.8 Å². The highest BCUT2D eigenvalue weighted by molar-refractivity contribution is 6.37. The third kappa shape index (κ3) is 5.11. The fourth-order valence-corrected chi connectivity index (χ4v) is 2.72. The number of carbonyl (C=O) groups is 2. The Hall–Kier alpha value is -2.24. The van der Waals surface area contributed by atoms with Gasteiger partial charge in [-0.05, 0) is 24.6 Å². The summed E-state index contributed by atoms with van der Waals surface area (Å²) in [5.74, 6) is -0.828. The van der Waals surface area contributed by atoms with Crippen LogP contribution in [-0.2, 0) is 16.1 Å². The van der Waals surface area contributed by atoms with Crippen molar-refractivity contribution in [1.82, 2.24) is 5.32 Å². The molecule has 0 aliphatic carbocycles. The normalized spacial score (nSPS) is 11.5. The van der Waals surface area contributed by atoms with Gasteiger partial charge >= 0.3 is 5.97 Å². The van der Waals surface area contributed by atoms with Crippen molar-refractivity contribution in [3.8, 4) is 5.75 Å². The van der Waals surface area contributed by atoms with E-state index in [4.69, 9.17) is 32.7 Å². The Morgan fingerprint density at radius 1 is 1.12 bits per heavy atom. The number of amides is 1. The van der Waals surface area contributed by atoms with Gasteiger partial charge in [-0.2, -0.15) is 0 Å². The van der Waals surface area contributed by atoms with Crippen LogP contribution in [0.1, 0.15) is 22.8 Å². The second kappa shape index (κ2) is 8.74. The topological polar surface area (TPSA) is 64.6 Å². The molecule has 5 nitrogen and oxygen atoms in total. The highest BCUT2D eigenvalue weighted by Crippen LogP contribution is 2.34. The van der Waals surface area contributed by atoms with Crippen LogP contribution in [0.2, 0.25) is 10.0 Å². The number of benzene rings is 2. The van der Waals surface area contributed by atoms with Crippen molar-refractivity contribution in [3.63, 3.8) is 0 Å². The Morgan fingerprint density at radius 2 is 1.72 bits per heavy atom. The number of rotatable bonds is 6. The Morgan fingerprint density at radius 3 is 2.28 bits per heavy atom. The molecule has 132 valence electrons. The largest absolute Gasteiger partial charge is 0.494 e. The third-order valence-corrected chi connectivity index (χ3v) is 3.96. The molecule has 7 heteroatoms. The summed E-state index contributed by atoms with van der Waals surface area (Å²) in [6.45, 7) is 1.84. The monoisotopic (exact) mass is 381 g/mol. The molecule has 0 aliphatic heterocycles. The second-order valence-electron chi connectivity index (χ2n) is 5.22. The summed E-state index contributed by atoms with van der Waals surface area (Å²) < 4.78 is 10.2. The number of ether oxygens (including phenoxy) is 2. The lowest BCUT2D eigenvalue weighted by Crippen LogP contribution is -2.35. The summed E-state index contributed by atoms with van der Waals surface area (Å²) in [6, 6.07) is 12.2. The van der Waals surface area contributed by atoms with Crippen LogP contribution < -0.4 is 10.1 Å². The molecule has 0 saturated heterocycles. The molecule has 0 spiro atoms. The molecule has 1 atom stereocenters. The molecule has 1 N–H and O–H groups in total. The van der Waals surface area contributed by atoms with Crippen LogP contribution in [0.5, 0.6) is 5.75 Å². The molecule has 2 aromatic rings. The van der Waals surface area contributed by atoms with Gasteiger partial charge in [0, 0.05) is 6.54 Å². The van der Waals surface area contributed by atoms with E-state index in [0.717, 1.165) is 5.56 Å². The standard InChI is InChI=1S/C18H17Cl2NO4/c1-11(17(22)21-10-12-6-4-3-5-7-12)25-18(23)13-8-14(19)16(24-2)15(20)9-13/h3-9,11H,10H2,1-2H3,(H,21,22)/t11-/m1/s1. The van der Waals surface area contributed by atoms with Crippen molar-refractivity contribution >= 4 is 35.1 Å². The minimum Gasteiger partial charge on any atom is -0.494 e. The Bertz CT molecular complexity index is 742. The molecule has 0 radical (unpaired) electrons. The number of carbonyl (C=O) groups excluding carboxylic acids is 2. The summed E-state index contributed by atoms with van der Waals surface area (Å²) in [5.41, 5.74) is 1.08. The molecule has 0 heterocycles. The van der Waals surface area contributed by atoms with Gasteiger partial charge in [0.1, 0.15) is 0 Å².